The molecule has 0 aromatic rings. The van der Waals surface area contributed by atoms with Crippen molar-refractivity contribution < 1.29 is 32.2 Å². The van der Waals surface area contributed by atoms with Crippen molar-refractivity contribution in [2.75, 3.05) is 0 Å². The summed E-state index contributed by atoms with van der Waals surface area (Å²) in [5.41, 5.74) is 0. The summed E-state index contributed by atoms with van der Waals surface area (Å²) < 4.78 is 46.3. The lowest BCUT2D eigenvalue weighted by atomic mass is 10.4. The fourth-order valence-electron chi connectivity index (χ4n) is 0.677. The van der Waals surface area contributed by atoms with Crippen molar-refractivity contribution >= 4 is 6.16 Å². The van der Waals surface area contributed by atoms with Gasteiger partial charge in [0.25, 0.3) is 6.29 Å². The molecule has 1 aliphatic rings. The molecule has 1 saturated heterocycles. The van der Waals surface area contributed by atoms with Gasteiger partial charge in [0.15, 0.2) is 6.10 Å². The maximum atomic E-state index is 11.5. The highest BCUT2D eigenvalue weighted by Gasteiger charge is 2.43. The number of hydrogen-bond donors (Lipinski definition) is 0. The van der Waals surface area contributed by atoms with Crippen LogP contribution in [-0.4, -0.2) is 24.9 Å². The Bertz CT molecular complexity index is 190. The molecule has 0 aromatic heterocycles. The zero-order valence-electron chi connectivity index (χ0n) is 5.92. The quantitative estimate of drug-likeness (QED) is 0.580. The van der Waals surface area contributed by atoms with Crippen LogP contribution < -0.4 is 0 Å². The van der Waals surface area contributed by atoms with E-state index in [1.165, 1.54) is 6.92 Å². The normalized spacial score (nSPS) is 29.8. The van der Waals surface area contributed by atoms with E-state index in [1.54, 1.807) is 0 Å². The average Bonchev–Trinajstić information content (AvgIpc) is 2.06. The van der Waals surface area contributed by atoms with Crippen LogP contribution in [0.3, 0.4) is 0 Å². The minimum atomic E-state index is -4.83. The van der Waals surface area contributed by atoms with Crippen molar-refractivity contribution in [2.24, 2.45) is 0 Å². The highest BCUT2D eigenvalue weighted by atomic mass is 19.4. The minimum Gasteiger partial charge on any atom is -0.425 e. The molecule has 0 aromatic carbocycles. The Morgan fingerprint density at radius 2 is 2.00 bits per heavy atom. The predicted octanol–water partition coefficient (Wildman–Crippen LogP) is 1.40. The lowest BCUT2D eigenvalue weighted by Crippen LogP contribution is -2.30. The van der Waals surface area contributed by atoms with E-state index in [0.29, 0.717) is 0 Å². The molecule has 1 fully saturated rings. The van der Waals surface area contributed by atoms with Gasteiger partial charge in [-0.15, -0.1) is 13.2 Å². The van der Waals surface area contributed by atoms with Crippen LogP contribution in [0.25, 0.3) is 0 Å². The van der Waals surface area contributed by atoms with Gasteiger partial charge in [0.2, 0.25) is 0 Å². The number of alkyl halides is 3. The second-order valence-electron chi connectivity index (χ2n) is 2.12. The highest BCUT2D eigenvalue weighted by molar-refractivity contribution is 5.62. The molecule has 0 aliphatic carbocycles. The first-order valence-electron chi connectivity index (χ1n) is 3.00. The van der Waals surface area contributed by atoms with E-state index in [1.807, 2.05) is 0 Å². The summed E-state index contributed by atoms with van der Waals surface area (Å²) in [6.45, 7) is 1.24. The molecule has 2 unspecified atom stereocenters. The molecule has 70 valence electrons. The van der Waals surface area contributed by atoms with E-state index in [9.17, 15) is 18.0 Å². The van der Waals surface area contributed by atoms with Crippen molar-refractivity contribution in [2.45, 2.75) is 25.7 Å². The van der Waals surface area contributed by atoms with E-state index in [0.717, 1.165) is 0 Å². The molecular formula is C5H5F3O4. The van der Waals surface area contributed by atoms with Crippen LogP contribution >= 0.6 is 0 Å². The van der Waals surface area contributed by atoms with Gasteiger partial charge < -0.3 is 9.47 Å². The van der Waals surface area contributed by atoms with Crippen molar-refractivity contribution in [1.29, 1.82) is 0 Å². The van der Waals surface area contributed by atoms with E-state index in [4.69, 9.17) is 0 Å². The third-order valence-corrected chi connectivity index (χ3v) is 1.13. The molecular weight excluding hydrogens is 181 g/mol. The topological polar surface area (TPSA) is 44.8 Å². The van der Waals surface area contributed by atoms with Crippen LogP contribution in [0.1, 0.15) is 6.92 Å². The van der Waals surface area contributed by atoms with Crippen LogP contribution in [0, 0.1) is 0 Å². The second-order valence-corrected chi connectivity index (χ2v) is 2.12. The van der Waals surface area contributed by atoms with Gasteiger partial charge in [0, 0.05) is 0 Å². The Labute approximate surface area is 65.2 Å². The Balaban J connectivity index is 2.48. The van der Waals surface area contributed by atoms with Crippen LogP contribution in [0.4, 0.5) is 18.0 Å². The number of carbonyl (C=O) groups is 1. The first-order chi connectivity index (χ1) is 5.38. The fourth-order valence-corrected chi connectivity index (χ4v) is 0.677. The van der Waals surface area contributed by atoms with Gasteiger partial charge in [-0.05, 0) is 6.92 Å². The molecule has 0 spiro atoms. The maximum Gasteiger partial charge on any atom is 0.525 e. The molecule has 0 N–H and O–H groups in total. The predicted molar refractivity (Wildman–Crippen MR) is 28.0 cm³/mol. The van der Waals surface area contributed by atoms with Gasteiger partial charge in [-0.1, -0.05) is 0 Å². The number of halogens is 3. The molecule has 12 heavy (non-hydrogen) atoms. The number of rotatable bonds is 1. The van der Waals surface area contributed by atoms with Gasteiger partial charge in [-0.25, -0.2) is 9.53 Å². The zero-order valence-corrected chi connectivity index (χ0v) is 5.92. The molecule has 1 rings (SSSR count). The fraction of sp³-hybridized carbons (Fsp3) is 0.800. The highest BCUT2D eigenvalue weighted by Crippen LogP contribution is 2.25. The van der Waals surface area contributed by atoms with Crippen LogP contribution in [0.5, 0.6) is 0 Å². The van der Waals surface area contributed by atoms with Crippen molar-refractivity contribution in [3.8, 4) is 0 Å². The van der Waals surface area contributed by atoms with E-state index >= 15 is 0 Å². The molecule has 0 saturated carbocycles. The Morgan fingerprint density at radius 3 is 2.33 bits per heavy atom. The largest absolute Gasteiger partial charge is 0.525 e. The van der Waals surface area contributed by atoms with Crippen molar-refractivity contribution in [1.82, 2.24) is 0 Å². The Hall–Kier alpha value is -0.980. The summed E-state index contributed by atoms with van der Waals surface area (Å²) in [5, 5.41) is 0. The molecule has 0 radical (unpaired) electrons. The number of ether oxygens (including phenoxy) is 3. The lowest BCUT2D eigenvalue weighted by Gasteiger charge is -2.13. The third-order valence-electron chi connectivity index (χ3n) is 1.13. The summed E-state index contributed by atoms with van der Waals surface area (Å²) >= 11 is 0. The van der Waals surface area contributed by atoms with Crippen molar-refractivity contribution in [3.05, 3.63) is 0 Å². The van der Waals surface area contributed by atoms with E-state index in [2.05, 4.69) is 14.2 Å². The number of carbonyl (C=O) groups excluding carboxylic acids is 1. The van der Waals surface area contributed by atoms with Crippen LogP contribution in [-0.2, 0) is 14.2 Å². The van der Waals surface area contributed by atoms with Gasteiger partial charge in [-0.2, -0.15) is 0 Å². The molecule has 0 amide bonds. The lowest BCUT2D eigenvalue weighted by molar-refractivity contribution is -0.370. The summed E-state index contributed by atoms with van der Waals surface area (Å²) in [4.78, 5) is 10.3. The monoisotopic (exact) mass is 186 g/mol. The Morgan fingerprint density at radius 1 is 1.42 bits per heavy atom. The average molecular weight is 186 g/mol. The molecule has 0 bridgehead atoms. The molecule has 4 nitrogen and oxygen atoms in total. The first kappa shape index (κ1) is 9.11. The van der Waals surface area contributed by atoms with E-state index < -0.39 is 24.9 Å². The van der Waals surface area contributed by atoms with E-state index in [-0.39, 0.29) is 0 Å². The summed E-state index contributed by atoms with van der Waals surface area (Å²) in [5.74, 6) is 0. The Kier molecular flexibility index (Phi) is 2.14. The van der Waals surface area contributed by atoms with Crippen LogP contribution in [0.15, 0.2) is 0 Å². The number of hydrogen-bond acceptors (Lipinski definition) is 4. The van der Waals surface area contributed by atoms with Gasteiger partial charge in [0.05, 0.1) is 0 Å². The summed E-state index contributed by atoms with van der Waals surface area (Å²) in [6, 6.07) is 0. The second kappa shape index (κ2) is 2.81. The molecule has 2 atom stereocenters. The molecule has 7 heteroatoms. The standard InChI is InChI=1S/C5H5F3O4/c1-2-3(11-4(9)10-2)12-5(6,7)8/h2-3H,1H3. The minimum absolute atomic E-state index is 1.04. The van der Waals surface area contributed by atoms with Gasteiger partial charge in [0.1, 0.15) is 0 Å². The van der Waals surface area contributed by atoms with Gasteiger partial charge >= 0.3 is 12.5 Å². The summed E-state index contributed by atoms with van der Waals surface area (Å²) in [7, 11) is 0. The summed E-state index contributed by atoms with van der Waals surface area (Å²) in [6.07, 6.45) is -8.72. The first-order valence-corrected chi connectivity index (χ1v) is 3.00. The number of cyclic esters (lactones) is 2. The molecule has 1 heterocycles. The molecule has 1 aliphatic heterocycles. The van der Waals surface area contributed by atoms with Crippen molar-refractivity contribution in [3.63, 3.8) is 0 Å². The van der Waals surface area contributed by atoms with Gasteiger partial charge in [-0.3, -0.25) is 0 Å². The third kappa shape index (κ3) is 2.26. The maximum absolute atomic E-state index is 11.5. The SMILES string of the molecule is CC1OC(=O)OC1OC(F)(F)F. The van der Waals surface area contributed by atoms with Crippen LogP contribution in [0.2, 0.25) is 0 Å². The smallest absolute Gasteiger partial charge is 0.425 e. The zero-order chi connectivity index (χ0) is 9.35.